The highest BCUT2D eigenvalue weighted by molar-refractivity contribution is 6.36. The molecule has 0 radical (unpaired) electrons. The van der Waals surface area contributed by atoms with E-state index in [0.717, 1.165) is 0 Å². The fourth-order valence-electron chi connectivity index (χ4n) is 5.77. The van der Waals surface area contributed by atoms with Crippen LogP contribution in [0.3, 0.4) is 0 Å². The van der Waals surface area contributed by atoms with Crippen molar-refractivity contribution < 1.29 is 39.6 Å². The number of ketones is 2. The summed E-state index contributed by atoms with van der Waals surface area (Å²) in [4.78, 5) is 52.7. The van der Waals surface area contributed by atoms with Crippen molar-refractivity contribution in [1.29, 1.82) is 0 Å². The molecule has 11 nitrogen and oxygen atoms in total. The van der Waals surface area contributed by atoms with E-state index >= 15 is 0 Å². The summed E-state index contributed by atoms with van der Waals surface area (Å²) in [5, 5.41) is 46.2. The molecule has 212 valence electrons. The summed E-state index contributed by atoms with van der Waals surface area (Å²) in [5.74, 6) is -8.32. The van der Waals surface area contributed by atoms with Crippen LogP contribution in [0.4, 0.5) is 5.69 Å². The highest BCUT2D eigenvalue weighted by Gasteiger charge is 2.64. The monoisotopic (exact) mass is 603 g/mol. The number of nitrogens with two attached hydrogens (primary N) is 1. The molecular weight excluding hydrogens is 577 g/mol. The van der Waals surface area contributed by atoms with Gasteiger partial charge in [0.05, 0.1) is 16.6 Å². The van der Waals surface area contributed by atoms with Crippen LogP contribution in [0.15, 0.2) is 23.0 Å². The maximum Gasteiger partial charge on any atom is 0.255 e. The van der Waals surface area contributed by atoms with E-state index in [-0.39, 0.29) is 47.1 Å². The first-order valence-corrected chi connectivity index (χ1v) is 12.6. The highest BCUT2D eigenvalue weighted by atomic mass is 35.5. The molecule has 1 aromatic rings. The molecule has 0 bridgehead atoms. The van der Waals surface area contributed by atoms with Gasteiger partial charge in [-0.25, -0.2) is 0 Å². The molecule has 2 amide bonds. The molecule has 4 rings (SSSR count). The zero-order valence-corrected chi connectivity index (χ0v) is 23.4. The van der Waals surface area contributed by atoms with E-state index in [2.05, 4.69) is 5.32 Å². The molecule has 0 aromatic heterocycles. The number of nitrogens with zero attached hydrogens (tertiary/aromatic N) is 1. The summed E-state index contributed by atoms with van der Waals surface area (Å²) in [6, 6.07) is 0.252. The number of primary amides is 1. The number of phenols is 1. The smallest absolute Gasteiger partial charge is 0.255 e. The Morgan fingerprint density at radius 3 is 2.41 bits per heavy atom. The van der Waals surface area contributed by atoms with Gasteiger partial charge < -0.3 is 31.5 Å². The van der Waals surface area contributed by atoms with E-state index in [1.54, 1.807) is 6.92 Å². The summed E-state index contributed by atoms with van der Waals surface area (Å²) in [6.07, 6.45) is 0.318. The first kappa shape index (κ1) is 30.7. The van der Waals surface area contributed by atoms with Crippen LogP contribution in [0.25, 0.3) is 5.76 Å². The molecule has 1 aromatic carbocycles. The van der Waals surface area contributed by atoms with Crippen molar-refractivity contribution >= 4 is 70.4 Å². The summed E-state index contributed by atoms with van der Waals surface area (Å²) >= 11 is 12.3. The number of amides is 2. The number of fused-ring (bicyclic) bond motifs is 3. The van der Waals surface area contributed by atoms with E-state index in [0.29, 0.717) is 12.0 Å². The molecule has 1 fully saturated rings. The summed E-state index contributed by atoms with van der Waals surface area (Å²) < 4.78 is 0. The number of nitrogens with one attached hydrogen (secondary N) is 1. The number of aliphatic hydroxyl groups excluding tert-OH is 2. The van der Waals surface area contributed by atoms with Crippen molar-refractivity contribution in [3.8, 4) is 5.75 Å². The Labute approximate surface area is 239 Å². The standard InChI is InChI=1S/C25H27Cl2N3O8.ClH/c1-4-11(26)24(37)29-16-12(27)7-9-5-8-6-10-17(30(2)3)20(33)15(23(28)36)22(35)25(10,38)21(34)14(8)18(31)13(9)19(16)32;/h7-8,10-11,17,31-32,35,38H,4-6H2,1-3H3,(H2,28,36)(H,29,37);1H/t8?,10?,11?,17-,25-;/m0./s1. The summed E-state index contributed by atoms with van der Waals surface area (Å²) in [6.45, 7) is 1.68. The number of anilines is 1. The van der Waals surface area contributed by atoms with Crippen molar-refractivity contribution in [3.05, 3.63) is 39.1 Å². The van der Waals surface area contributed by atoms with Gasteiger partial charge in [-0.1, -0.05) is 18.5 Å². The van der Waals surface area contributed by atoms with Gasteiger partial charge in [0.2, 0.25) is 11.7 Å². The number of carbonyl (C=O) groups excluding carboxylic acids is 4. The number of Topliss-reactive ketones (excluding diaryl/α,β-unsaturated/α-hetero) is 2. The van der Waals surface area contributed by atoms with E-state index in [1.165, 1.54) is 25.1 Å². The van der Waals surface area contributed by atoms with Crippen molar-refractivity contribution in [2.75, 3.05) is 19.4 Å². The third-order valence-corrected chi connectivity index (χ3v) is 8.36. The second-order valence-electron chi connectivity index (χ2n) is 9.94. The molecule has 3 aliphatic rings. The zero-order chi connectivity index (χ0) is 28.4. The van der Waals surface area contributed by atoms with Crippen LogP contribution in [-0.2, 0) is 25.6 Å². The molecule has 0 saturated heterocycles. The third kappa shape index (κ3) is 4.46. The van der Waals surface area contributed by atoms with Gasteiger partial charge in [-0.3, -0.25) is 24.1 Å². The number of hydrogen-bond donors (Lipinski definition) is 6. The molecule has 3 unspecified atom stereocenters. The molecule has 3 aliphatic carbocycles. The normalized spacial score (nSPS) is 26.9. The third-order valence-electron chi connectivity index (χ3n) is 7.55. The van der Waals surface area contributed by atoms with Gasteiger partial charge in [0, 0.05) is 11.5 Å². The lowest BCUT2D eigenvalue weighted by Crippen LogP contribution is -2.65. The van der Waals surface area contributed by atoms with Crippen molar-refractivity contribution in [3.63, 3.8) is 0 Å². The first-order valence-electron chi connectivity index (χ1n) is 11.8. The molecule has 0 spiro atoms. The van der Waals surface area contributed by atoms with Gasteiger partial charge in [0.25, 0.3) is 5.91 Å². The Bertz CT molecular complexity index is 1360. The number of phenolic OH excluding ortho intramolecular Hbond substituents is 1. The predicted octanol–water partition coefficient (Wildman–Crippen LogP) is 2.00. The maximum absolute atomic E-state index is 13.8. The minimum atomic E-state index is -2.74. The predicted molar refractivity (Wildman–Crippen MR) is 145 cm³/mol. The number of alkyl halides is 1. The minimum absolute atomic E-state index is 0. The van der Waals surface area contributed by atoms with Gasteiger partial charge in [-0.2, -0.15) is 0 Å². The second-order valence-corrected chi connectivity index (χ2v) is 10.9. The molecule has 0 heterocycles. The Kier molecular flexibility index (Phi) is 8.37. The fourth-order valence-corrected chi connectivity index (χ4v) is 6.09. The number of aromatic hydroxyl groups is 1. The maximum atomic E-state index is 13.8. The van der Waals surface area contributed by atoms with Gasteiger partial charge in [-0.15, -0.1) is 24.0 Å². The quantitative estimate of drug-likeness (QED) is 0.166. The van der Waals surface area contributed by atoms with E-state index in [4.69, 9.17) is 28.9 Å². The van der Waals surface area contributed by atoms with Crippen LogP contribution in [0.5, 0.6) is 5.75 Å². The Morgan fingerprint density at radius 1 is 1.26 bits per heavy atom. The minimum Gasteiger partial charge on any atom is -0.508 e. The van der Waals surface area contributed by atoms with E-state index in [9.17, 15) is 39.6 Å². The summed E-state index contributed by atoms with van der Waals surface area (Å²) in [5.41, 5.74) is 1.31. The number of rotatable bonds is 5. The van der Waals surface area contributed by atoms with Crippen LogP contribution >= 0.6 is 35.6 Å². The lowest BCUT2D eigenvalue weighted by molar-refractivity contribution is -0.153. The average Bonchev–Trinajstić information content (AvgIpc) is 2.82. The van der Waals surface area contributed by atoms with Crippen LogP contribution in [0.1, 0.15) is 30.9 Å². The van der Waals surface area contributed by atoms with Gasteiger partial charge in [0.1, 0.15) is 28.2 Å². The number of aliphatic hydroxyl groups is 3. The van der Waals surface area contributed by atoms with Crippen LogP contribution in [-0.4, -0.2) is 79.8 Å². The van der Waals surface area contributed by atoms with E-state index in [1.807, 2.05) is 0 Å². The second kappa shape index (κ2) is 10.6. The molecule has 5 atom stereocenters. The topological polar surface area (TPSA) is 190 Å². The molecule has 14 heteroatoms. The molecule has 1 saturated carbocycles. The molecule has 39 heavy (non-hydrogen) atoms. The van der Waals surface area contributed by atoms with Crippen LogP contribution in [0.2, 0.25) is 5.02 Å². The average molecular weight is 605 g/mol. The van der Waals surface area contributed by atoms with Crippen molar-refractivity contribution in [1.82, 2.24) is 4.90 Å². The SMILES string of the molecule is CCC(Cl)C(=O)Nc1c(Cl)cc2c(c1O)C(O)=C1C(=O)[C@]3(O)C(O)=C(C(N)=O)C(=O)[C@@H](N(C)C)C3CC1C2.Cl. The number of halogens is 3. The Morgan fingerprint density at radius 2 is 1.87 bits per heavy atom. The lowest BCUT2D eigenvalue weighted by Gasteiger charge is -2.50. The number of benzene rings is 1. The molecule has 0 aliphatic heterocycles. The highest BCUT2D eigenvalue weighted by Crippen LogP contribution is 2.54. The van der Waals surface area contributed by atoms with E-state index < -0.39 is 75.1 Å². The largest absolute Gasteiger partial charge is 0.508 e. The van der Waals surface area contributed by atoms with Gasteiger partial charge >= 0.3 is 0 Å². The molecule has 7 N–H and O–H groups in total. The Hall–Kier alpha value is -2.83. The fraction of sp³-hybridized carbons (Fsp3) is 0.440. The number of hydrogen-bond acceptors (Lipinski definition) is 9. The molecular formula is C25H28Cl3N3O8. The van der Waals surface area contributed by atoms with Crippen LogP contribution < -0.4 is 11.1 Å². The number of likely N-dealkylation sites (N-methyl/N-ethyl adjacent to an activating group) is 1. The Balaban J connectivity index is 0.00000420. The van der Waals surface area contributed by atoms with Gasteiger partial charge in [0.15, 0.2) is 17.1 Å². The lowest BCUT2D eigenvalue weighted by atomic mass is 9.57. The zero-order valence-electron chi connectivity index (χ0n) is 21.1. The van der Waals surface area contributed by atoms with Crippen LogP contribution in [0, 0.1) is 11.8 Å². The first-order chi connectivity index (χ1) is 17.7. The number of carbonyl (C=O) groups is 4. The van der Waals surface area contributed by atoms with Gasteiger partial charge in [-0.05, 0) is 50.9 Å². The van der Waals surface area contributed by atoms with Crippen molar-refractivity contribution in [2.45, 2.75) is 43.2 Å². The van der Waals surface area contributed by atoms with Crippen molar-refractivity contribution in [2.24, 2.45) is 17.6 Å². The summed E-state index contributed by atoms with van der Waals surface area (Å²) in [7, 11) is 3.04.